The van der Waals surface area contributed by atoms with Crippen molar-refractivity contribution in [2.75, 3.05) is 0 Å². The number of carboxylic acids is 1. The van der Waals surface area contributed by atoms with E-state index in [0.29, 0.717) is 11.1 Å². The van der Waals surface area contributed by atoms with Crippen LogP contribution in [0, 0.1) is 10.7 Å². The van der Waals surface area contributed by atoms with Gasteiger partial charge in [-0.1, -0.05) is 59.2 Å². The summed E-state index contributed by atoms with van der Waals surface area (Å²) in [7, 11) is 1.60. The van der Waals surface area contributed by atoms with Gasteiger partial charge in [0.2, 0.25) is 5.56 Å². The fourth-order valence-corrected chi connectivity index (χ4v) is 4.51. The number of aromatic carboxylic acids is 1. The molecule has 0 aliphatic heterocycles. The molecule has 0 spiro atoms. The summed E-state index contributed by atoms with van der Waals surface area (Å²) in [5.74, 6) is -1.85. The van der Waals surface area contributed by atoms with Gasteiger partial charge in [-0.3, -0.25) is 4.79 Å². The molecule has 182 valence electrons. The first-order valence-corrected chi connectivity index (χ1v) is 11.5. The second-order valence-corrected chi connectivity index (χ2v) is 8.90. The average Bonchev–Trinajstić information content (AvgIpc) is 2.87. The van der Waals surface area contributed by atoms with Crippen LogP contribution in [0.3, 0.4) is 0 Å². The molecule has 2 unspecified atom stereocenters. The van der Waals surface area contributed by atoms with Crippen molar-refractivity contribution in [2.24, 2.45) is 12.2 Å². The van der Waals surface area contributed by atoms with E-state index in [1.54, 1.807) is 49.6 Å². The highest BCUT2D eigenvalue weighted by Gasteiger charge is 2.25. The lowest BCUT2D eigenvalue weighted by Crippen LogP contribution is -2.16. The zero-order chi connectivity index (χ0) is 25.8. The third-order valence-electron chi connectivity index (χ3n) is 6.20. The van der Waals surface area contributed by atoms with E-state index in [-0.39, 0.29) is 28.5 Å². The number of carboxylic acid groups (broad SMARTS) is 1. The first kappa shape index (κ1) is 25.0. The van der Waals surface area contributed by atoms with Crippen LogP contribution < -0.4 is 5.56 Å². The highest BCUT2D eigenvalue weighted by atomic mass is 35.5. The Morgan fingerprint density at radius 3 is 2.14 bits per heavy atom. The van der Waals surface area contributed by atoms with E-state index in [4.69, 9.17) is 16.7 Å². The van der Waals surface area contributed by atoms with Crippen LogP contribution >= 0.6 is 11.6 Å². The quantitative estimate of drug-likeness (QED) is 0.275. The van der Waals surface area contributed by atoms with Gasteiger partial charge in [-0.2, -0.15) is 4.91 Å². The highest BCUT2D eigenvalue weighted by molar-refractivity contribution is 6.31. The number of pyridine rings is 1. The van der Waals surface area contributed by atoms with Crippen molar-refractivity contribution in [1.82, 2.24) is 4.57 Å². The molecule has 2 atom stereocenters. The Kier molecular flexibility index (Phi) is 7.41. The van der Waals surface area contributed by atoms with E-state index in [2.05, 4.69) is 5.18 Å². The van der Waals surface area contributed by atoms with Crippen LogP contribution in [0.4, 0.5) is 4.39 Å². The minimum atomic E-state index is -0.993. The van der Waals surface area contributed by atoms with Crippen LogP contribution in [0.1, 0.15) is 45.4 Å². The summed E-state index contributed by atoms with van der Waals surface area (Å²) in [6, 6.07) is 20.5. The molecule has 1 heterocycles. The molecule has 36 heavy (non-hydrogen) atoms. The van der Waals surface area contributed by atoms with Crippen molar-refractivity contribution in [2.45, 2.75) is 18.4 Å². The number of nitroso groups, excluding NO2 is 1. The molecular formula is C28H22ClFN2O4. The molecule has 0 radical (unpaired) electrons. The van der Waals surface area contributed by atoms with Gasteiger partial charge in [-0.15, -0.1) is 0 Å². The number of halogens is 2. The third-order valence-corrected chi connectivity index (χ3v) is 6.52. The molecular weight excluding hydrogens is 483 g/mol. The predicted octanol–water partition coefficient (Wildman–Crippen LogP) is 6.57. The molecule has 0 saturated carbocycles. The topological polar surface area (TPSA) is 88.7 Å². The largest absolute Gasteiger partial charge is 0.478 e. The molecule has 0 amide bonds. The van der Waals surface area contributed by atoms with Crippen LogP contribution in [-0.4, -0.2) is 15.6 Å². The monoisotopic (exact) mass is 504 g/mol. The van der Waals surface area contributed by atoms with Crippen molar-refractivity contribution in [3.63, 3.8) is 0 Å². The summed E-state index contributed by atoms with van der Waals surface area (Å²) in [6.07, 6.45) is 1.83. The van der Waals surface area contributed by atoms with Gasteiger partial charge in [0.1, 0.15) is 11.9 Å². The van der Waals surface area contributed by atoms with E-state index >= 15 is 0 Å². The standard InChI is InChI=1S/C28H22ClFN2O4/c1-32-16-21(10-13-27(32)33)26(31-36)15-24(23-12-11-22(30)14-25(23)29)19-6-2-17(3-7-19)18-4-8-20(9-5-18)28(34)35/h2-14,16,24,26H,15H2,1H3,(H,34,35). The van der Waals surface area contributed by atoms with Gasteiger partial charge in [0.15, 0.2) is 0 Å². The third kappa shape index (κ3) is 5.42. The van der Waals surface area contributed by atoms with Crippen molar-refractivity contribution in [3.05, 3.63) is 133 Å². The molecule has 0 saturated heterocycles. The number of aromatic nitrogens is 1. The maximum absolute atomic E-state index is 13.8. The fraction of sp³-hybridized carbons (Fsp3) is 0.143. The molecule has 0 aliphatic rings. The lowest BCUT2D eigenvalue weighted by atomic mass is 9.84. The van der Waals surface area contributed by atoms with Crippen LogP contribution in [0.5, 0.6) is 0 Å². The Labute approximate surface area is 211 Å². The Morgan fingerprint density at radius 1 is 0.972 bits per heavy atom. The first-order chi connectivity index (χ1) is 17.3. The van der Waals surface area contributed by atoms with Gasteiger partial charge in [0, 0.05) is 30.3 Å². The van der Waals surface area contributed by atoms with Crippen molar-refractivity contribution in [3.8, 4) is 11.1 Å². The van der Waals surface area contributed by atoms with E-state index in [0.717, 1.165) is 16.7 Å². The molecule has 4 aromatic rings. The molecule has 0 fully saturated rings. The van der Waals surface area contributed by atoms with Gasteiger partial charge >= 0.3 is 5.97 Å². The first-order valence-electron chi connectivity index (χ1n) is 11.1. The Hall–Kier alpha value is -4.10. The summed E-state index contributed by atoms with van der Waals surface area (Å²) in [5.41, 5.74) is 3.80. The molecule has 4 rings (SSSR count). The molecule has 1 aromatic heterocycles. The number of hydrogen-bond acceptors (Lipinski definition) is 4. The predicted molar refractivity (Wildman–Crippen MR) is 137 cm³/mol. The summed E-state index contributed by atoms with van der Waals surface area (Å²) in [6.45, 7) is 0. The minimum Gasteiger partial charge on any atom is -0.478 e. The molecule has 8 heteroatoms. The number of carbonyl (C=O) groups is 1. The second kappa shape index (κ2) is 10.7. The van der Waals surface area contributed by atoms with Crippen LogP contribution in [0.2, 0.25) is 5.02 Å². The van der Waals surface area contributed by atoms with E-state index in [1.807, 2.05) is 24.3 Å². The van der Waals surface area contributed by atoms with Gasteiger partial charge < -0.3 is 9.67 Å². The highest BCUT2D eigenvalue weighted by Crippen LogP contribution is 2.39. The molecule has 1 N–H and O–H groups in total. The molecule has 6 nitrogen and oxygen atoms in total. The lowest BCUT2D eigenvalue weighted by Gasteiger charge is -2.22. The molecule has 0 bridgehead atoms. The van der Waals surface area contributed by atoms with Gasteiger partial charge in [0.25, 0.3) is 0 Å². The maximum Gasteiger partial charge on any atom is 0.335 e. The number of hydrogen-bond donors (Lipinski definition) is 1. The average molecular weight is 505 g/mol. The Bertz CT molecular complexity index is 1470. The smallest absolute Gasteiger partial charge is 0.335 e. The van der Waals surface area contributed by atoms with Crippen molar-refractivity contribution in [1.29, 1.82) is 0 Å². The normalized spacial score (nSPS) is 12.6. The molecule has 3 aromatic carbocycles. The second-order valence-electron chi connectivity index (χ2n) is 8.49. The number of benzene rings is 3. The number of aryl methyl sites for hydroxylation is 1. The van der Waals surface area contributed by atoms with Crippen molar-refractivity contribution < 1.29 is 14.3 Å². The van der Waals surface area contributed by atoms with Crippen LogP contribution in [0.15, 0.2) is 95.0 Å². The van der Waals surface area contributed by atoms with E-state index in [1.165, 1.54) is 22.8 Å². The maximum atomic E-state index is 13.8. The zero-order valence-corrected chi connectivity index (χ0v) is 20.0. The Morgan fingerprint density at radius 2 is 1.58 bits per heavy atom. The summed E-state index contributed by atoms with van der Waals surface area (Å²) in [5, 5.41) is 12.7. The summed E-state index contributed by atoms with van der Waals surface area (Å²) < 4.78 is 15.2. The summed E-state index contributed by atoms with van der Waals surface area (Å²) in [4.78, 5) is 34.8. The van der Waals surface area contributed by atoms with Crippen molar-refractivity contribution >= 4 is 17.6 Å². The zero-order valence-electron chi connectivity index (χ0n) is 19.3. The van der Waals surface area contributed by atoms with E-state index < -0.39 is 17.8 Å². The van der Waals surface area contributed by atoms with Crippen LogP contribution in [0.25, 0.3) is 11.1 Å². The number of nitrogens with zero attached hydrogens (tertiary/aromatic N) is 2. The summed E-state index contributed by atoms with van der Waals surface area (Å²) >= 11 is 6.42. The minimum absolute atomic E-state index is 0.200. The van der Waals surface area contributed by atoms with Gasteiger partial charge in [-0.05, 0) is 64.6 Å². The molecule has 0 aliphatic carbocycles. The fourth-order valence-electron chi connectivity index (χ4n) is 4.22. The van der Waals surface area contributed by atoms with Crippen LogP contribution in [-0.2, 0) is 7.05 Å². The van der Waals surface area contributed by atoms with E-state index in [9.17, 15) is 18.9 Å². The van der Waals surface area contributed by atoms with Gasteiger partial charge in [0.05, 0.1) is 5.56 Å². The SMILES string of the molecule is Cn1cc(C(CC(c2ccc(-c3ccc(C(=O)O)cc3)cc2)c2ccc(F)cc2Cl)N=O)ccc1=O. The Balaban J connectivity index is 1.71. The van der Waals surface area contributed by atoms with Gasteiger partial charge in [-0.25, -0.2) is 9.18 Å². The number of rotatable bonds is 8. The lowest BCUT2D eigenvalue weighted by molar-refractivity contribution is 0.0697.